The molecule has 5 nitrogen and oxygen atoms in total. The molecule has 18 heavy (non-hydrogen) atoms. The van der Waals surface area contributed by atoms with Gasteiger partial charge in [-0.3, -0.25) is 0 Å². The molecule has 1 unspecified atom stereocenters. The number of nitrogens with zero attached hydrogens (tertiary/aromatic N) is 1. The second kappa shape index (κ2) is 6.95. The summed E-state index contributed by atoms with van der Waals surface area (Å²) in [5.41, 5.74) is 5.42. The zero-order chi connectivity index (χ0) is 14.4. The van der Waals surface area contributed by atoms with Crippen molar-refractivity contribution in [2.24, 2.45) is 21.7 Å². The van der Waals surface area contributed by atoms with E-state index in [1.165, 1.54) is 0 Å². The van der Waals surface area contributed by atoms with Gasteiger partial charge in [-0.15, -0.1) is 0 Å². The molecule has 0 saturated carbocycles. The highest BCUT2D eigenvalue weighted by molar-refractivity contribution is 5.85. The van der Waals surface area contributed by atoms with Crippen LogP contribution in [-0.4, -0.2) is 35.3 Å². The summed E-state index contributed by atoms with van der Waals surface area (Å²) in [6.45, 7) is 11.3. The average Bonchev–Trinajstić information content (AvgIpc) is 2.25. The first-order chi connectivity index (χ1) is 8.15. The Morgan fingerprint density at radius 3 is 2.22 bits per heavy atom. The topological polar surface area (TPSA) is 90.9 Å². The van der Waals surface area contributed by atoms with Crippen LogP contribution in [0.3, 0.4) is 0 Å². The molecule has 1 atom stereocenters. The van der Waals surface area contributed by atoms with E-state index in [0.717, 1.165) is 19.4 Å². The minimum absolute atomic E-state index is 0.101. The Labute approximate surface area is 110 Å². The highest BCUT2D eigenvalue weighted by Gasteiger charge is 2.26. The number of aliphatic hydroxyl groups excluding tert-OH is 1. The number of nitrogens with two attached hydrogens (primary N) is 1. The average molecular weight is 259 g/mol. The Kier molecular flexibility index (Phi) is 6.63. The van der Waals surface area contributed by atoms with Gasteiger partial charge in [-0.2, -0.15) is 0 Å². The molecule has 0 heterocycles. The summed E-state index contributed by atoms with van der Waals surface area (Å²) in [7, 11) is 0. The van der Waals surface area contributed by atoms with E-state index in [-0.39, 0.29) is 29.3 Å². The van der Waals surface area contributed by atoms with Crippen molar-refractivity contribution < 1.29 is 10.3 Å². The van der Waals surface area contributed by atoms with Crippen LogP contribution in [0.4, 0.5) is 0 Å². The lowest BCUT2D eigenvalue weighted by molar-refractivity contribution is 0.194. The number of aliphatic hydroxyl groups is 1. The number of oxime groups is 1. The smallest absolute Gasteiger partial charge is 0.144 e. The molecule has 0 aromatic carbocycles. The lowest BCUT2D eigenvalue weighted by Crippen LogP contribution is -2.43. The second-order valence-corrected chi connectivity index (χ2v) is 6.50. The molecule has 0 aliphatic carbocycles. The van der Waals surface area contributed by atoms with Crippen LogP contribution >= 0.6 is 0 Å². The quantitative estimate of drug-likeness (QED) is 0.241. The summed E-state index contributed by atoms with van der Waals surface area (Å²) >= 11 is 0. The fourth-order valence-electron chi connectivity index (χ4n) is 1.79. The van der Waals surface area contributed by atoms with E-state index in [2.05, 4.69) is 31.2 Å². The normalized spacial score (nSPS) is 15.8. The van der Waals surface area contributed by atoms with Gasteiger partial charge in [0, 0.05) is 18.1 Å². The molecule has 0 aliphatic rings. The number of amidine groups is 1. The summed E-state index contributed by atoms with van der Waals surface area (Å²) < 4.78 is 0. The van der Waals surface area contributed by atoms with Gasteiger partial charge < -0.3 is 21.4 Å². The predicted molar refractivity (Wildman–Crippen MR) is 74.8 cm³/mol. The van der Waals surface area contributed by atoms with Gasteiger partial charge in [-0.25, -0.2) is 0 Å². The molecular formula is C13H29N3O2. The van der Waals surface area contributed by atoms with Crippen LogP contribution in [0.2, 0.25) is 0 Å². The Bertz CT molecular complexity index is 270. The standard InChI is InChI=1S/C13H29N3O2/c1-12(2,3)10(6-9-17)15-8-7-13(4,5)11(14)16-18/h10,15,17-18H,6-9H2,1-5H3,(H2,14,16). The van der Waals surface area contributed by atoms with E-state index in [0.29, 0.717) is 0 Å². The first-order valence-corrected chi connectivity index (χ1v) is 6.47. The number of nitrogens with one attached hydrogen (secondary N) is 1. The molecule has 0 spiro atoms. The number of hydrogen-bond acceptors (Lipinski definition) is 4. The zero-order valence-corrected chi connectivity index (χ0v) is 12.3. The fourth-order valence-corrected chi connectivity index (χ4v) is 1.79. The Balaban J connectivity index is 4.31. The van der Waals surface area contributed by atoms with E-state index in [9.17, 15) is 0 Å². The van der Waals surface area contributed by atoms with Crippen LogP contribution in [0.1, 0.15) is 47.5 Å². The van der Waals surface area contributed by atoms with Crippen LogP contribution in [-0.2, 0) is 0 Å². The highest BCUT2D eigenvalue weighted by Crippen LogP contribution is 2.23. The molecule has 0 aromatic heterocycles. The lowest BCUT2D eigenvalue weighted by atomic mass is 9.84. The third-order valence-electron chi connectivity index (χ3n) is 3.41. The van der Waals surface area contributed by atoms with E-state index in [1.807, 2.05) is 13.8 Å². The van der Waals surface area contributed by atoms with Gasteiger partial charge in [-0.1, -0.05) is 39.8 Å². The third kappa shape index (κ3) is 5.69. The molecule has 0 aromatic rings. The number of rotatable bonds is 7. The van der Waals surface area contributed by atoms with E-state index in [1.54, 1.807) is 0 Å². The molecule has 0 rings (SSSR count). The molecule has 0 radical (unpaired) electrons. The van der Waals surface area contributed by atoms with Crippen molar-refractivity contribution in [3.63, 3.8) is 0 Å². The lowest BCUT2D eigenvalue weighted by Gasteiger charge is -2.32. The van der Waals surface area contributed by atoms with Crippen LogP contribution in [0.15, 0.2) is 5.16 Å². The molecule has 5 heteroatoms. The molecule has 0 bridgehead atoms. The van der Waals surface area contributed by atoms with Crippen LogP contribution < -0.4 is 11.1 Å². The van der Waals surface area contributed by atoms with Gasteiger partial charge in [0.15, 0.2) is 0 Å². The van der Waals surface area contributed by atoms with Crippen molar-refractivity contribution in [3.8, 4) is 0 Å². The molecule has 0 fully saturated rings. The first-order valence-electron chi connectivity index (χ1n) is 6.47. The molecule has 0 aliphatic heterocycles. The summed E-state index contributed by atoms with van der Waals surface area (Å²) in [4.78, 5) is 0. The van der Waals surface area contributed by atoms with Crippen molar-refractivity contribution in [1.82, 2.24) is 5.32 Å². The summed E-state index contributed by atoms with van der Waals surface area (Å²) in [6, 6.07) is 0.255. The minimum atomic E-state index is -0.330. The minimum Gasteiger partial charge on any atom is -0.409 e. The Morgan fingerprint density at radius 1 is 1.28 bits per heavy atom. The Hall–Kier alpha value is -0.810. The van der Waals surface area contributed by atoms with Gasteiger partial charge in [0.1, 0.15) is 5.84 Å². The maximum Gasteiger partial charge on any atom is 0.144 e. The fraction of sp³-hybridized carbons (Fsp3) is 0.923. The highest BCUT2D eigenvalue weighted by atomic mass is 16.4. The zero-order valence-electron chi connectivity index (χ0n) is 12.3. The summed E-state index contributed by atoms with van der Waals surface area (Å²) in [5, 5.41) is 24.3. The van der Waals surface area contributed by atoms with E-state index < -0.39 is 0 Å². The van der Waals surface area contributed by atoms with Crippen LogP contribution in [0, 0.1) is 10.8 Å². The largest absolute Gasteiger partial charge is 0.409 e. The van der Waals surface area contributed by atoms with Gasteiger partial charge in [-0.05, 0) is 24.8 Å². The van der Waals surface area contributed by atoms with E-state index in [4.69, 9.17) is 16.0 Å². The van der Waals surface area contributed by atoms with Crippen LogP contribution in [0.25, 0.3) is 0 Å². The van der Waals surface area contributed by atoms with Crippen molar-refractivity contribution >= 4 is 5.84 Å². The molecule has 5 N–H and O–H groups in total. The monoisotopic (exact) mass is 259 g/mol. The van der Waals surface area contributed by atoms with Crippen LogP contribution in [0.5, 0.6) is 0 Å². The van der Waals surface area contributed by atoms with E-state index >= 15 is 0 Å². The van der Waals surface area contributed by atoms with Gasteiger partial charge >= 0.3 is 0 Å². The summed E-state index contributed by atoms with van der Waals surface area (Å²) in [6.07, 6.45) is 1.51. The van der Waals surface area contributed by atoms with Crippen molar-refractivity contribution in [2.75, 3.05) is 13.2 Å². The van der Waals surface area contributed by atoms with Crippen molar-refractivity contribution in [3.05, 3.63) is 0 Å². The maximum absolute atomic E-state index is 9.07. The maximum atomic E-state index is 9.07. The molecule has 0 saturated heterocycles. The third-order valence-corrected chi connectivity index (χ3v) is 3.41. The Morgan fingerprint density at radius 2 is 1.83 bits per heavy atom. The number of hydrogen-bond donors (Lipinski definition) is 4. The molecular weight excluding hydrogens is 230 g/mol. The van der Waals surface area contributed by atoms with Crippen molar-refractivity contribution in [1.29, 1.82) is 0 Å². The SMILES string of the molecule is CC(C)(CCNC(CCO)C(C)(C)C)C(N)=NO. The first kappa shape index (κ1) is 17.2. The second-order valence-electron chi connectivity index (χ2n) is 6.50. The predicted octanol–water partition coefficient (Wildman–Crippen LogP) is 1.54. The molecule has 108 valence electrons. The molecule has 0 amide bonds. The van der Waals surface area contributed by atoms with Crippen molar-refractivity contribution in [2.45, 2.75) is 53.5 Å². The summed E-state index contributed by atoms with van der Waals surface area (Å²) in [5.74, 6) is 0.249. The van der Waals surface area contributed by atoms with Gasteiger partial charge in [0.05, 0.1) is 0 Å². The van der Waals surface area contributed by atoms with Gasteiger partial charge in [0.25, 0.3) is 0 Å². The van der Waals surface area contributed by atoms with Gasteiger partial charge in [0.2, 0.25) is 0 Å².